The van der Waals surface area contributed by atoms with Crippen molar-refractivity contribution in [2.24, 2.45) is 7.05 Å². The Labute approximate surface area is 108 Å². The van der Waals surface area contributed by atoms with Gasteiger partial charge in [0.15, 0.2) is 0 Å². The van der Waals surface area contributed by atoms with Gasteiger partial charge >= 0.3 is 0 Å². The SMILES string of the molecule is COc1cccc([S@@](=O)Cc2nnc(C)n2C)c1. The lowest BCUT2D eigenvalue weighted by Gasteiger charge is -2.05. The zero-order valence-corrected chi connectivity index (χ0v) is 11.4. The predicted molar refractivity (Wildman–Crippen MR) is 68.8 cm³/mol. The summed E-state index contributed by atoms with van der Waals surface area (Å²) in [6.07, 6.45) is 0. The molecule has 0 saturated carbocycles. The van der Waals surface area contributed by atoms with Crippen LogP contribution in [0.1, 0.15) is 11.6 Å². The summed E-state index contributed by atoms with van der Waals surface area (Å²) in [5.41, 5.74) is 0. The van der Waals surface area contributed by atoms with Gasteiger partial charge in [-0.1, -0.05) is 6.07 Å². The van der Waals surface area contributed by atoms with Crippen molar-refractivity contribution in [1.82, 2.24) is 14.8 Å². The summed E-state index contributed by atoms with van der Waals surface area (Å²) in [6.45, 7) is 1.87. The molecular weight excluding hydrogens is 250 g/mol. The molecule has 1 aromatic heterocycles. The number of rotatable bonds is 4. The zero-order chi connectivity index (χ0) is 13.1. The summed E-state index contributed by atoms with van der Waals surface area (Å²) in [5, 5.41) is 7.96. The molecule has 18 heavy (non-hydrogen) atoms. The van der Waals surface area contributed by atoms with E-state index in [4.69, 9.17) is 4.74 Å². The van der Waals surface area contributed by atoms with Crippen LogP contribution < -0.4 is 4.74 Å². The van der Waals surface area contributed by atoms with E-state index in [-0.39, 0.29) is 0 Å². The van der Waals surface area contributed by atoms with Crippen molar-refractivity contribution in [1.29, 1.82) is 0 Å². The topological polar surface area (TPSA) is 57.0 Å². The Balaban J connectivity index is 2.19. The molecule has 5 nitrogen and oxygen atoms in total. The van der Waals surface area contributed by atoms with Crippen LogP contribution >= 0.6 is 0 Å². The maximum atomic E-state index is 12.2. The minimum Gasteiger partial charge on any atom is -0.497 e. The number of benzene rings is 1. The van der Waals surface area contributed by atoms with E-state index >= 15 is 0 Å². The Kier molecular flexibility index (Phi) is 3.76. The van der Waals surface area contributed by atoms with Gasteiger partial charge in [-0.2, -0.15) is 0 Å². The van der Waals surface area contributed by atoms with Crippen molar-refractivity contribution in [3.05, 3.63) is 35.9 Å². The molecule has 0 unspecified atom stereocenters. The molecule has 0 fully saturated rings. The number of ether oxygens (including phenoxy) is 1. The molecule has 0 aliphatic rings. The smallest absolute Gasteiger partial charge is 0.145 e. The molecule has 1 heterocycles. The molecule has 0 bridgehead atoms. The molecule has 0 aliphatic heterocycles. The molecule has 2 aromatic rings. The lowest BCUT2D eigenvalue weighted by molar-refractivity contribution is 0.413. The fraction of sp³-hybridized carbons (Fsp3) is 0.333. The summed E-state index contributed by atoms with van der Waals surface area (Å²) in [6, 6.07) is 7.25. The Morgan fingerprint density at radius 2 is 2.17 bits per heavy atom. The molecule has 1 aromatic carbocycles. The van der Waals surface area contributed by atoms with Crippen molar-refractivity contribution in [2.45, 2.75) is 17.6 Å². The first kappa shape index (κ1) is 12.8. The summed E-state index contributed by atoms with van der Waals surface area (Å²) in [7, 11) is 2.31. The Morgan fingerprint density at radius 1 is 1.39 bits per heavy atom. The fourth-order valence-corrected chi connectivity index (χ4v) is 2.65. The molecule has 1 atom stereocenters. The first-order chi connectivity index (χ1) is 8.61. The maximum Gasteiger partial charge on any atom is 0.145 e. The number of hydrogen-bond donors (Lipinski definition) is 0. The van der Waals surface area contributed by atoms with E-state index in [2.05, 4.69) is 10.2 Å². The minimum atomic E-state index is -1.15. The van der Waals surface area contributed by atoms with E-state index in [9.17, 15) is 4.21 Å². The minimum absolute atomic E-state index is 0.352. The van der Waals surface area contributed by atoms with Crippen molar-refractivity contribution < 1.29 is 8.95 Å². The van der Waals surface area contributed by atoms with Gasteiger partial charge < -0.3 is 9.30 Å². The van der Waals surface area contributed by atoms with Crippen LogP contribution in [0.3, 0.4) is 0 Å². The Morgan fingerprint density at radius 3 is 2.78 bits per heavy atom. The number of aromatic nitrogens is 3. The first-order valence-electron chi connectivity index (χ1n) is 5.49. The number of nitrogens with zero attached hydrogens (tertiary/aromatic N) is 3. The van der Waals surface area contributed by atoms with E-state index in [1.807, 2.05) is 36.7 Å². The van der Waals surface area contributed by atoms with E-state index in [0.717, 1.165) is 10.7 Å². The largest absolute Gasteiger partial charge is 0.497 e. The molecule has 0 amide bonds. The number of hydrogen-bond acceptors (Lipinski definition) is 4. The van der Waals surface area contributed by atoms with Crippen LogP contribution in [0.25, 0.3) is 0 Å². The van der Waals surface area contributed by atoms with Crippen LogP contribution in [0, 0.1) is 6.92 Å². The van der Waals surface area contributed by atoms with Crippen LogP contribution in [0.5, 0.6) is 5.75 Å². The van der Waals surface area contributed by atoms with Gasteiger partial charge in [0.05, 0.1) is 23.7 Å². The maximum absolute atomic E-state index is 12.2. The van der Waals surface area contributed by atoms with E-state index < -0.39 is 10.8 Å². The molecule has 0 radical (unpaired) electrons. The molecule has 96 valence electrons. The van der Waals surface area contributed by atoms with Crippen LogP contribution in [-0.4, -0.2) is 26.1 Å². The Bertz CT molecular complexity index is 580. The van der Waals surface area contributed by atoms with Gasteiger partial charge in [0.2, 0.25) is 0 Å². The fourth-order valence-electron chi connectivity index (χ4n) is 1.52. The average Bonchev–Trinajstić information content (AvgIpc) is 2.71. The zero-order valence-electron chi connectivity index (χ0n) is 10.6. The number of methoxy groups -OCH3 is 1. The molecule has 6 heteroatoms. The third-order valence-corrected chi connectivity index (χ3v) is 4.05. The van der Waals surface area contributed by atoms with Crippen molar-refractivity contribution >= 4 is 10.8 Å². The van der Waals surface area contributed by atoms with E-state index in [1.54, 1.807) is 13.2 Å². The molecule has 0 spiro atoms. The summed E-state index contributed by atoms with van der Waals surface area (Å²) < 4.78 is 19.2. The highest BCUT2D eigenvalue weighted by Gasteiger charge is 2.11. The first-order valence-corrected chi connectivity index (χ1v) is 6.81. The van der Waals surface area contributed by atoms with Crippen LogP contribution in [0.15, 0.2) is 29.2 Å². The van der Waals surface area contributed by atoms with Crippen molar-refractivity contribution in [3.8, 4) is 5.75 Å². The molecular formula is C12H15N3O2S. The molecule has 0 N–H and O–H groups in total. The summed E-state index contributed by atoms with van der Waals surface area (Å²) in [5.74, 6) is 2.58. The van der Waals surface area contributed by atoms with E-state index in [0.29, 0.717) is 17.3 Å². The summed E-state index contributed by atoms with van der Waals surface area (Å²) >= 11 is 0. The van der Waals surface area contributed by atoms with E-state index in [1.165, 1.54) is 0 Å². The number of aryl methyl sites for hydroxylation is 1. The van der Waals surface area contributed by atoms with Gasteiger partial charge in [0.1, 0.15) is 17.4 Å². The highest BCUT2D eigenvalue weighted by molar-refractivity contribution is 7.84. The average molecular weight is 265 g/mol. The van der Waals surface area contributed by atoms with Gasteiger partial charge in [-0.15, -0.1) is 10.2 Å². The van der Waals surface area contributed by atoms with Crippen LogP contribution in [0.2, 0.25) is 0 Å². The second-order valence-electron chi connectivity index (χ2n) is 3.89. The van der Waals surface area contributed by atoms with Gasteiger partial charge in [-0.25, -0.2) is 0 Å². The normalized spacial score (nSPS) is 12.4. The summed E-state index contributed by atoms with van der Waals surface area (Å²) in [4.78, 5) is 0.731. The van der Waals surface area contributed by atoms with Crippen molar-refractivity contribution in [3.63, 3.8) is 0 Å². The highest BCUT2D eigenvalue weighted by atomic mass is 32.2. The predicted octanol–water partition coefficient (Wildman–Crippen LogP) is 1.44. The van der Waals surface area contributed by atoms with Crippen LogP contribution in [-0.2, 0) is 23.6 Å². The van der Waals surface area contributed by atoms with Gasteiger partial charge in [0.25, 0.3) is 0 Å². The monoisotopic (exact) mass is 265 g/mol. The van der Waals surface area contributed by atoms with Gasteiger partial charge in [-0.05, 0) is 25.1 Å². The Hall–Kier alpha value is -1.69. The standard InChI is InChI=1S/C12H15N3O2S/c1-9-13-14-12(15(9)2)8-18(16)11-6-4-5-10(7-11)17-3/h4-7H,8H2,1-3H3/t18-/m0/s1. The van der Waals surface area contributed by atoms with Gasteiger partial charge in [-0.3, -0.25) is 4.21 Å². The third kappa shape index (κ3) is 2.59. The third-order valence-electron chi connectivity index (χ3n) is 2.75. The van der Waals surface area contributed by atoms with Crippen LogP contribution in [0.4, 0.5) is 0 Å². The molecule has 0 aliphatic carbocycles. The second-order valence-corrected chi connectivity index (χ2v) is 5.34. The van der Waals surface area contributed by atoms with Gasteiger partial charge in [0, 0.05) is 11.9 Å². The van der Waals surface area contributed by atoms with Crippen molar-refractivity contribution in [2.75, 3.05) is 7.11 Å². The highest BCUT2D eigenvalue weighted by Crippen LogP contribution is 2.17. The lowest BCUT2D eigenvalue weighted by Crippen LogP contribution is -2.04. The molecule has 0 saturated heterocycles. The quantitative estimate of drug-likeness (QED) is 0.839. The lowest BCUT2D eigenvalue weighted by atomic mass is 10.3. The second kappa shape index (κ2) is 5.30. The molecule has 2 rings (SSSR count).